The SMILES string of the molecule is Cc1cnc(C(=O)NCCSCC(=O)O)cn1. The van der Waals surface area contributed by atoms with Crippen molar-refractivity contribution in [2.24, 2.45) is 0 Å². The molecule has 0 aromatic carbocycles. The molecule has 1 heterocycles. The van der Waals surface area contributed by atoms with Crippen LogP contribution in [-0.4, -0.2) is 45.0 Å². The van der Waals surface area contributed by atoms with Crippen LogP contribution in [0.25, 0.3) is 0 Å². The van der Waals surface area contributed by atoms with Gasteiger partial charge in [-0.05, 0) is 6.92 Å². The van der Waals surface area contributed by atoms with E-state index in [1.807, 2.05) is 0 Å². The lowest BCUT2D eigenvalue weighted by molar-refractivity contribution is -0.133. The minimum atomic E-state index is -0.856. The summed E-state index contributed by atoms with van der Waals surface area (Å²) in [6, 6.07) is 0. The van der Waals surface area contributed by atoms with Gasteiger partial charge in [0.2, 0.25) is 0 Å². The van der Waals surface area contributed by atoms with Gasteiger partial charge >= 0.3 is 5.97 Å². The minimum absolute atomic E-state index is 0.0419. The van der Waals surface area contributed by atoms with E-state index in [9.17, 15) is 9.59 Å². The van der Waals surface area contributed by atoms with E-state index in [0.29, 0.717) is 12.3 Å². The molecule has 1 rings (SSSR count). The number of carbonyl (C=O) groups excluding carboxylic acids is 1. The van der Waals surface area contributed by atoms with Crippen LogP contribution in [0.2, 0.25) is 0 Å². The van der Waals surface area contributed by atoms with Crippen molar-refractivity contribution >= 4 is 23.6 Å². The van der Waals surface area contributed by atoms with Gasteiger partial charge in [-0.1, -0.05) is 0 Å². The van der Waals surface area contributed by atoms with Crippen LogP contribution in [0.1, 0.15) is 16.2 Å². The van der Waals surface area contributed by atoms with Crippen LogP contribution in [0.4, 0.5) is 0 Å². The molecule has 17 heavy (non-hydrogen) atoms. The molecule has 0 aliphatic heterocycles. The highest BCUT2D eigenvalue weighted by atomic mass is 32.2. The predicted molar refractivity (Wildman–Crippen MR) is 64.1 cm³/mol. The zero-order valence-electron chi connectivity index (χ0n) is 9.34. The average molecular weight is 255 g/mol. The average Bonchev–Trinajstić information content (AvgIpc) is 2.29. The third-order valence-electron chi connectivity index (χ3n) is 1.77. The van der Waals surface area contributed by atoms with E-state index >= 15 is 0 Å². The summed E-state index contributed by atoms with van der Waals surface area (Å²) in [7, 11) is 0. The summed E-state index contributed by atoms with van der Waals surface area (Å²) in [6.45, 7) is 2.20. The summed E-state index contributed by atoms with van der Waals surface area (Å²) in [4.78, 5) is 29.6. The van der Waals surface area contributed by atoms with Crippen molar-refractivity contribution in [3.8, 4) is 0 Å². The Balaban J connectivity index is 2.25. The number of thioether (sulfide) groups is 1. The maximum Gasteiger partial charge on any atom is 0.313 e. The number of nitrogens with one attached hydrogen (secondary N) is 1. The number of rotatable bonds is 6. The van der Waals surface area contributed by atoms with Gasteiger partial charge in [-0.15, -0.1) is 11.8 Å². The Bertz CT molecular complexity index is 394. The number of aliphatic carboxylic acids is 1. The first kappa shape index (κ1) is 13.4. The van der Waals surface area contributed by atoms with E-state index < -0.39 is 5.97 Å². The Morgan fingerprint density at radius 2 is 2.18 bits per heavy atom. The molecular formula is C10H13N3O3S. The van der Waals surface area contributed by atoms with E-state index in [1.165, 1.54) is 24.2 Å². The molecule has 0 spiro atoms. The lowest BCUT2D eigenvalue weighted by Gasteiger charge is -2.03. The molecule has 92 valence electrons. The number of nitrogens with zero attached hydrogens (tertiary/aromatic N) is 2. The number of hydrogen-bond donors (Lipinski definition) is 2. The van der Waals surface area contributed by atoms with Gasteiger partial charge in [0.25, 0.3) is 5.91 Å². The number of carboxylic acids is 1. The number of aromatic nitrogens is 2. The molecule has 0 saturated carbocycles. The second kappa shape index (κ2) is 6.85. The van der Waals surface area contributed by atoms with Gasteiger partial charge in [0.05, 0.1) is 17.6 Å². The number of amides is 1. The van der Waals surface area contributed by atoms with Crippen LogP contribution < -0.4 is 5.32 Å². The smallest absolute Gasteiger partial charge is 0.313 e. The van der Waals surface area contributed by atoms with Crippen LogP contribution in [0, 0.1) is 6.92 Å². The zero-order chi connectivity index (χ0) is 12.7. The lowest BCUT2D eigenvalue weighted by atomic mass is 10.4. The van der Waals surface area contributed by atoms with Gasteiger partial charge in [0.1, 0.15) is 5.69 Å². The highest BCUT2D eigenvalue weighted by molar-refractivity contribution is 7.99. The topological polar surface area (TPSA) is 92.2 Å². The van der Waals surface area contributed by atoms with Gasteiger partial charge < -0.3 is 10.4 Å². The Morgan fingerprint density at radius 1 is 1.41 bits per heavy atom. The van der Waals surface area contributed by atoms with Crippen LogP contribution in [0.3, 0.4) is 0 Å². The molecule has 1 aromatic heterocycles. The molecule has 0 bridgehead atoms. The van der Waals surface area contributed by atoms with Crippen molar-refractivity contribution in [1.82, 2.24) is 15.3 Å². The lowest BCUT2D eigenvalue weighted by Crippen LogP contribution is -2.27. The second-order valence-corrected chi connectivity index (χ2v) is 4.35. The number of aryl methyl sites for hydroxylation is 1. The van der Waals surface area contributed by atoms with E-state index in [2.05, 4.69) is 15.3 Å². The summed E-state index contributed by atoms with van der Waals surface area (Å²) in [5.74, 6) is -0.559. The van der Waals surface area contributed by atoms with Crippen molar-refractivity contribution in [1.29, 1.82) is 0 Å². The van der Waals surface area contributed by atoms with E-state index in [-0.39, 0.29) is 17.4 Å². The molecular weight excluding hydrogens is 242 g/mol. The van der Waals surface area contributed by atoms with Crippen molar-refractivity contribution in [3.63, 3.8) is 0 Å². The number of carboxylic acid groups (broad SMARTS) is 1. The molecule has 0 aliphatic rings. The largest absolute Gasteiger partial charge is 0.481 e. The molecule has 0 atom stereocenters. The summed E-state index contributed by atoms with van der Waals surface area (Å²) >= 11 is 1.25. The van der Waals surface area contributed by atoms with Crippen molar-refractivity contribution in [2.75, 3.05) is 18.1 Å². The van der Waals surface area contributed by atoms with Gasteiger partial charge in [-0.3, -0.25) is 14.6 Å². The molecule has 6 nitrogen and oxygen atoms in total. The molecule has 1 aromatic rings. The van der Waals surface area contributed by atoms with E-state index in [4.69, 9.17) is 5.11 Å². The van der Waals surface area contributed by atoms with Crippen LogP contribution in [0.5, 0.6) is 0 Å². The van der Waals surface area contributed by atoms with Gasteiger partial charge in [-0.25, -0.2) is 4.98 Å². The van der Waals surface area contributed by atoms with Crippen LogP contribution >= 0.6 is 11.8 Å². The Hall–Kier alpha value is -1.63. The number of hydrogen-bond acceptors (Lipinski definition) is 5. The summed E-state index contributed by atoms with van der Waals surface area (Å²) in [5, 5.41) is 11.0. The molecule has 7 heteroatoms. The molecule has 0 saturated heterocycles. The minimum Gasteiger partial charge on any atom is -0.481 e. The molecule has 1 amide bonds. The zero-order valence-corrected chi connectivity index (χ0v) is 10.2. The van der Waals surface area contributed by atoms with Crippen molar-refractivity contribution in [2.45, 2.75) is 6.92 Å². The quantitative estimate of drug-likeness (QED) is 0.712. The fourth-order valence-corrected chi connectivity index (χ4v) is 1.56. The van der Waals surface area contributed by atoms with E-state index in [0.717, 1.165) is 5.69 Å². The molecule has 0 unspecified atom stereocenters. The summed E-state index contributed by atoms with van der Waals surface area (Å²) in [6.07, 6.45) is 2.93. The monoisotopic (exact) mass is 255 g/mol. The van der Waals surface area contributed by atoms with Gasteiger partial charge in [0.15, 0.2) is 0 Å². The summed E-state index contributed by atoms with van der Waals surface area (Å²) < 4.78 is 0. The molecule has 2 N–H and O–H groups in total. The van der Waals surface area contributed by atoms with E-state index in [1.54, 1.807) is 6.92 Å². The Kier molecular flexibility index (Phi) is 5.41. The maximum absolute atomic E-state index is 11.5. The first-order chi connectivity index (χ1) is 8.09. The Labute approximate surface area is 103 Å². The third kappa shape index (κ3) is 5.30. The predicted octanol–water partition coefficient (Wildman–Crippen LogP) is 0.333. The second-order valence-electron chi connectivity index (χ2n) is 3.25. The summed E-state index contributed by atoms with van der Waals surface area (Å²) in [5.41, 5.74) is 1.01. The Morgan fingerprint density at radius 3 is 2.76 bits per heavy atom. The fraction of sp³-hybridized carbons (Fsp3) is 0.400. The van der Waals surface area contributed by atoms with Crippen LogP contribution in [-0.2, 0) is 4.79 Å². The maximum atomic E-state index is 11.5. The highest BCUT2D eigenvalue weighted by Crippen LogP contribution is 1.98. The highest BCUT2D eigenvalue weighted by Gasteiger charge is 2.06. The van der Waals surface area contributed by atoms with Gasteiger partial charge in [0, 0.05) is 18.5 Å². The van der Waals surface area contributed by atoms with Crippen LogP contribution in [0.15, 0.2) is 12.4 Å². The molecule has 0 aliphatic carbocycles. The first-order valence-electron chi connectivity index (χ1n) is 4.96. The fourth-order valence-electron chi connectivity index (χ4n) is 0.997. The van der Waals surface area contributed by atoms with Crippen molar-refractivity contribution in [3.05, 3.63) is 23.8 Å². The van der Waals surface area contributed by atoms with Crippen molar-refractivity contribution < 1.29 is 14.7 Å². The standard InChI is InChI=1S/C10H13N3O3S/c1-7-4-13-8(5-12-7)10(16)11-2-3-17-6-9(14)15/h4-5H,2-3,6H2,1H3,(H,11,16)(H,14,15). The first-order valence-corrected chi connectivity index (χ1v) is 6.11. The number of carbonyl (C=O) groups is 2. The third-order valence-corrected chi connectivity index (χ3v) is 2.71. The van der Waals surface area contributed by atoms with Gasteiger partial charge in [-0.2, -0.15) is 0 Å². The normalized spacial score (nSPS) is 9.94. The molecule has 0 fully saturated rings. The molecule has 0 radical (unpaired) electrons.